The van der Waals surface area contributed by atoms with Gasteiger partial charge in [0.15, 0.2) is 5.78 Å². The standard InChI is InChI=1S/C11H13ClN2O2/c1-6(15)10-9(12)8(11(16)14-13-10)7-4-2-3-5-7/h7H,2-5H2,1H3,(H,14,16). The second-order valence-corrected chi connectivity index (χ2v) is 4.54. The van der Waals surface area contributed by atoms with Gasteiger partial charge in [-0.1, -0.05) is 24.4 Å². The molecule has 1 aromatic heterocycles. The molecule has 0 bridgehead atoms. The van der Waals surface area contributed by atoms with Crippen LogP contribution in [0.15, 0.2) is 4.79 Å². The topological polar surface area (TPSA) is 62.8 Å². The van der Waals surface area contributed by atoms with Crippen molar-refractivity contribution in [3.8, 4) is 0 Å². The van der Waals surface area contributed by atoms with Crippen LogP contribution in [-0.2, 0) is 0 Å². The Morgan fingerprint density at radius 1 is 1.44 bits per heavy atom. The Labute approximate surface area is 98.0 Å². The molecule has 4 nitrogen and oxygen atoms in total. The summed E-state index contributed by atoms with van der Waals surface area (Å²) in [5.41, 5.74) is 0.449. The van der Waals surface area contributed by atoms with Gasteiger partial charge < -0.3 is 0 Å². The summed E-state index contributed by atoms with van der Waals surface area (Å²) in [7, 11) is 0. The number of carbonyl (C=O) groups is 1. The molecule has 1 fully saturated rings. The molecule has 1 saturated carbocycles. The van der Waals surface area contributed by atoms with Gasteiger partial charge in [0.05, 0.1) is 5.02 Å². The molecule has 1 aliphatic rings. The molecule has 1 N–H and O–H groups in total. The monoisotopic (exact) mass is 240 g/mol. The van der Waals surface area contributed by atoms with Gasteiger partial charge >= 0.3 is 0 Å². The van der Waals surface area contributed by atoms with E-state index in [0.29, 0.717) is 5.56 Å². The second kappa shape index (κ2) is 4.37. The van der Waals surface area contributed by atoms with E-state index in [1.165, 1.54) is 6.92 Å². The van der Waals surface area contributed by atoms with Gasteiger partial charge in [-0.25, -0.2) is 5.10 Å². The van der Waals surface area contributed by atoms with Crippen molar-refractivity contribution in [1.29, 1.82) is 0 Å². The molecule has 0 radical (unpaired) electrons. The van der Waals surface area contributed by atoms with Gasteiger partial charge in [-0.2, -0.15) is 5.10 Å². The maximum atomic E-state index is 11.7. The number of H-pyrrole nitrogens is 1. The van der Waals surface area contributed by atoms with Crippen LogP contribution in [0.5, 0.6) is 0 Å². The Hall–Kier alpha value is -1.16. The Bertz CT molecular complexity index is 475. The van der Waals surface area contributed by atoms with Gasteiger partial charge in [-0.05, 0) is 18.8 Å². The predicted octanol–water partition coefficient (Wildman–Crippen LogP) is 2.28. The predicted molar refractivity (Wildman–Crippen MR) is 61.1 cm³/mol. The molecule has 0 unspecified atom stereocenters. The van der Waals surface area contributed by atoms with E-state index in [2.05, 4.69) is 10.2 Å². The summed E-state index contributed by atoms with van der Waals surface area (Å²) in [6.45, 7) is 1.39. The molecule has 16 heavy (non-hydrogen) atoms. The van der Waals surface area contributed by atoms with Crippen LogP contribution >= 0.6 is 11.6 Å². The van der Waals surface area contributed by atoms with Crippen LogP contribution in [0.1, 0.15) is 54.6 Å². The summed E-state index contributed by atoms with van der Waals surface area (Å²) >= 11 is 6.09. The summed E-state index contributed by atoms with van der Waals surface area (Å²) in [6, 6.07) is 0. The molecule has 1 aromatic rings. The minimum Gasteiger partial charge on any atom is -0.293 e. The van der Waals surface area contributed by atoms with Gasteiger partial charge in [0.25, 0.3) is 5.56 Å². The van der Waals surface area contributed by atoms with Crippen molar-refractivity contribution in [2.45, 2.75) is 38.5 Å². The molecule has 86 valence electrons. The van der Waals surface area contributed by atoms with Crippen LogP contribution in [0.2, 0.25) is 5.02 Å². The van der Waals surface area contributed by atoms with E-state index < -0.39 is 0 Å². The highest BCUT2D eigenvalue weighted by Gasteiger charge is 2.25. The first-order chi connectivity index (χ1) is 7.61. The lowest BCUT2D eigenvalue weighted by molar-refractivity contribution is 0.101. The quantitative estimate of drug-likeness (QED) is 0.807. The van der Waals surface area contributed by atoms with E-state index >= 15 is 0 Å². The lowest BCUT2D eigenvalue weighted by Gasteiger charge is -2.11. The number of carbonyl (C=O) groups excluding carboxylic acids is 1. The number of nitrogens with zero attached hydrogens (tertiary/aromatic N) is 1. The van der Waals surface area contributed by atoms with E-state index in [1.807, 2.05) is 0 Å². The van der Waals surface area contributed by atoms with Gasteiger partial charge in [0, 0.05) is 12.5 Å². The minimum atomic E-state index is -0.262. The zero-order chi connectivity index (χ0) is 11.7. The SMILES string of the molecule is CC(=O)c1n[nH]c(=O)c(C2CCCC2)c1Cl. The van der Waals surface area contributed by atoms with Crippen molar-refractivity contribution in [3.05, 3.63) is 26.6 Å². The number of nitrogens with one attached hydrogen (secondary N) is 1. The van der Waals surface area contributed by atoms with Crippen LogP contribution in [0.4, 0.5) is 0 Å². The van der Waals surface area contributed by atoms with Crippen molar-refractivity contribution in [2.75, 3.05) is 0 Å². The van der Waals surface area contributed by atoms with Gasteiger partial charge in [0.1, 0.15) is 5.69 Å². The van der Waals surface area contributed by atoms with E-state index in [-0.39, 0.29) is 28.0 Å². The highest BCUT2D eigenvalue weighted by atomic mass is 35.5. The van der Waals surface area contributed by atoms with Gasteiger partial charge in [0.2, 0.25) is 0 Å². The third-order valence-corrected chi connectivity index (χ3v) is 3.44. The average molecular weight is 241 g/mol. The number of Topliss-reactive ketones (excluding diaryl/α,β-unsaturated/α-hetero) is 1. The number of hydrogen-bond donors (Lipinski definition) is 1. The molecule has 0 aliphatic heterocycles. The van der Waals surface area contributed by atoms with Gasteiger partial charge in [-0.15, -0.1) is 0 Å². The second-order valence-electron chi connectivity index (χ2n) is 4.17. The Morgan fingerprint density at radius 2 is 2.06 bits per heavy atom. The third kappa shape index (κ3) is 1.89. The van der Waals surface area contributed by atoms with Crippen LogP contribution in [0, 0.1) is 0 Å². The number of aromatic nitrogens is 2. The first kappa shape index (κ1) is 11.3. The first-order valence-corrected chi connectivity index (χ1v) is 5.78. The average Bonchev–Trinajstić information content (AvgIpc) is 2.70. The van der Waals surface area contributed by atoms with Crippen molar-refractivity contribution >= 4 is 17.4 Å². The van der Waals surface area contributed by atoms with Crippen LogP contribution < -0.4 is 5.56 Å². The number of aromatic amines is 1. The smallest absolute Gasteiger partial charge is 0.269 e. The highest BCUT2D eigenvalue weighted by molar-refractivity contribution is 6.34. The van der Waals surface area contributed by atoms with Crippen molar-refractivity contribution in [1.82, 2.24) is 10.2 Å². The summed E-state index contributed by atoms with van der Waals surface area (Å²) in [6.07, 6.45) is 4.14. The molecule has 0 spiro atoms. The van der Waals surface area contributed by atoms with Crippen LogP contribution in [0.25, 0.3) is 0 Å². The zero-order valence-corrected chi connectivity index (χ0v) is 9.80. The fourth-order valence-corrected chi connectivity index (χ4v) is 2.67. The Morgan fingerprint density at radius 3 is 2.62 bits per heavy atom. The molecular weight excluding hydrogens is 228 g/mol. The van der Waals surface area contributed by atoms with Gasteiger partial charge in [-0.3, -0.25) is 9.59 Å². The summed E-state index contributed by atoms with van der Waals surface area (Å²) in [4.78, 5) is 23.0. The third-order valence-electron chi connectivity index (χ3n) is 3.06. The zero-order valence-electron chi connectivity index (χ0n) is 9.05. The molecular formula is C11H13ClN2O2. The molecule has 1 heterocycles. The van der Waals surface area contributed by atoms with E-state index in [4.69, 9.17) is 11.6 Å². The minimum absolute atomic E-state index is 0.170. The largest absolute Gasteiger partial charge is 0.293 e. The maximum absolute atomic E-state index is 11.7. The molecule has 0 aromatic carbocycles. The number of rotatable bonds is 2. The first-order valence-electron chi connectivity index (χ1n) is 5.40. The lowest BCUT2D eigenvalue weighted by Crippen LogP contribution is -2.20. The number of ketones is 1. The van der Waals surface area contributed by atoms with Crippen molar-refractivity contribution in [2.24, 2.45) is 0 Å². The molecule has 0 saturated heterocycles. The maximum Gasteiger partial charge on any atom is 0.269 e. The fourth-order valence-electron chi connectivity index (χ4n) is 2.26. The van der Waals surface area contributed by atoms with E-state index in [1.54, 1.807) is 0 Å². The molecule has 0 amide bonds. The van der Waals surface area contributed by atoms with Crippen molar-refractivity contribution < 1.29 is 4.79 Å². The van der Waals surface area contributed by atoms with E-state index in [9.17, 15) is 9.59 Å². The van der Waals surface area contributed by atoms with Crippen LogP contribution in [-0.4, -0.2) is 16.0 Å². The lowest BCUT2D eigenvalue weighted by atomic mass is 9.98. The molecule has 0 atom stereocenters. The van der Waals surface area contributed by atoms with Crippen molar-refractivity contribution in [3.63, 3.8) is 0 Å². The number of hydrogen-bond acceptors (Lipinski definition) is 3. The fraction of sp³-hybridized carbons (Fsp3) is 0.545. The summed E-state index contributed by atoms with van der Waals surface area (Å²) in [5.74, 6) is -0.0437. The Balaban J connectivity index is 2.54. The molecule has 2 rings (SSSR count). The normalized spacial score (nSPS) is 16.6. The molecule has 5 heteroatoms. The van der Waals surface area contributed by atoms with Crippen LogP contribution in [0.3, 0.4) is 0 Å². The summed E-state index contributed by atoms with van der Waals surface area (Å²) < 4.78 is 0. The number of halogens is 1. The summed E-state index contributed by atoms with van der Waals surface area (Å²) in [5, 5.41) is 6.29. The Kier molecular flexibility index (Phi) is 3.10. The van der Waals surface area contributed by atoms with E-state index in [0.717, 1.165) is 25.7 Å². The molecule has 1 aliphatic carbocycles. The highest BCUT2D eigenvalue weighted by Crippen LogP contribution is 2.36.